The number of non-ortho nitro benzene ring substituents is 2. The lowest BCUT2D eigenvalue weighted by molar-refractivity contribution is -0.385. The molecular formula is C15H9ClN2O5. The van der Waals surface area contributed by atoms with Crippen LogP contribution in [0.1, 0.15) is 15.9 Å². The fraction of sp³-hybridized carbons (Fsp3) is 0. The third kappa shape index (κ3) is 3.98. The number of nitrogens with zero attached hydrogens (tertiary/aromatic N) is 2. The summed E-state index contributed by atoms with van der Waals surface area (Å²) >= 11 is 5.93. The maximum absolute atomic E-state index is 12.0. The summed E-state index contributed by atoms with van der Waals surface area (Å²) in [5.74, 6) is -0.400. The maximum Gasteiger partial charge on any atom is 0.270 e. The predicted molar refractivity (Wildman–Crippen MR) is 84.6 cm³/mol. The van der Waals surface area contributed by atoms with Crippen LogP contribution in [0.3, 0.4) is 0 Å². The molecule has 0 bridgehead atoms. The maximum atomic E-state index is 12.0. The zero-order valence-corrected chi connectivity index (χ0v) is 12.3. The van der Waals surface area contributed by atoms with Crippen molar-refractivity contribution in [3.63, 3.8) is 0 Å². The lowest BCUT2D eigenvalue weighted by Crippen LogP contribution is -1.95. The van der Waals surface area contributed by atoms with Gasteiger partial charge in [-0.3, -0.25) is 25.0 Å². The van der Waals surface area contributed by atoms with Crippen LogP contribution in [0.2, 0.25) is 5.02 Å². The van der Waals surface area contributed by atoms with Crippen LogP contribution in [-0.2, 0) is 0 Å². The van der Waals surface area contributed by atoms with Crippen molar-refractivity contribution in [1.82, 2.24) is 0 Å². The van der Waals surface area contributed by atoms with E-state index in [1.54, 1.807) is 0 Å². The van der Waals surface area contributed by atoms with E-state index >= 15 is 0 Å². The van der Waals surface area contributed by atoms with Gasteiger partial charge in [-0.15, -0.1) is 0 Å². The quantitative estimate of drug-likeness (QED) is 0.355. The number of rotatable bonds is 5. The van der Waals surface area contributed by atoms with Gasteiger partial charge in [-0.25, -0.2) is 0 Å². The van der Waals surface area contributed by atoms with Gasteiger partial charge in [-0.1, -0.05) is 11.6 Å². The molecule has 2 aromatic rings. The average molecular weight is 333 g/mol. The van der Waals surface area contributed by atoms with E-state index in [9.17, 15) is 25.0 Å². The minimum Gasteiger partial charge on any atom is -0.289 e. The van der Waals surface area contributed by atoms with E-state index in [4.69, 9.17) is 11.6 Å². The molecule has 7 nitrogen and oxygen atoms in total. The van der Waals surface area contributed by atoms with E-state index in [0.717, 1.165) is 0 Å². The molecule has 0 aliphatic heterocycles. The highest BCUT2D eigenvalue weighted by Gasteiger charge is 2.10. The van der Waals surface area contributed by atoms with Crippen LogP contribution in [0.25, 0.3) is 6.08 Å². The molecule has 0 fully saturated rings. The minimum absolute atomic E-state index is 0.118. The Bertz CT molecular complexity index is 815. The highest BCUT2D eigenvalue weighted by atomic mass is 35.5. The van der Waals surface area contributed by atoms with Gasteiger partial charge in [0.25, 0.3) is 11.4 Å². The van der Waals surface area contributed by atoms with Crippen molar-refractivity contribution in [3.8, 4) is 0 Å². The standard InChI is InChI=1S/C15H9ClN2O5/c16-14-7-6-13(18(22)23)9-11(14)3-8-15(19)10-1-4-12(5-2-10)17(20)21/h1-9H/b8-3+. The first-order valence-electron chi connectivity index (χ1n) is 6.29. The molecule has 0 atom stereocenters. The largest absolute Gasteiger partial charge is 0.289 e. The van der Waals surface area contributed by atoms with Crippen LogP contribution in [0.4, 0.5) is 11.4 Å². The topological polar surface area (TPSA) is 103 Å². The predicted octanol–water partition coefficient (Wildman–Crippen LogP) is 4.05. The van der Waals surface area contributed by atoms with E-state index in [-0.39, 0.29) is 22.0 Å². The summed E-state index contributed by atoms with van der Waals surface area (Å²) in [6, 6.07) is 9.00. The number of carbonyl (C=O) groups is 1. The number of ketones is 1. The normalized spacial score (nSPS) is 10.7. The van der Waals surface area contributed by atoms with E-state index in [0.29, 0.717) is 5.56 Å². The van der Waals surface area contributed by atoms with Gasteiger partial charge in [-0.05, 0) is 35.9 Å². The van der Waals surface area contributed by atoms with Gasteiger partial charge < -0.3 is 0 Å². The Morgan fingerprint density at radius 2 is 1.52 bits per heavy atom. The fourth-order valence-corrected chi connectivity index (χ4v) is 1.96. The van der Waals surface area contributed by atoms with Crippen molar-refractivity contribution < 1.29 is 14.6 Å². The number of hydrogen-bond donors (Lipinski definition) is 0. The molecule has 0 saturated carbocycles. The summed E-state index contributed by atoms with van der Waals surface area (Å²) in [5.41, 5.74) is 0.327. The van der Waals surface area contributed by atoms with Gasteiger partial charge in [0.2, 0.25) is 0 Å². The van der Waals surface area contributed by atoms with Crippen molar-refractivity contribution >= 4 is 34.8 Å². The summed E-state index contributed by atoms with van der Waals surface area (Å²) in [5, 5.41) is 21.5. The molecule has 0 aliphatic rings. The monoisotopic (exact) mass is 332 g/mol. The zero-order chi connectivity index (χ0) is 17.0. The van der Waals surface area contributed by atoms with Crippen LogP contribution in [0.5, 0.6) is 0 Å². The highest BCUT2D eigenvalue weighted by Crippen LogP contribution is 2.23. The van der Waals surface area contributed by atoms with Crippen molar-refractivity contribution in [2.45, 2.75) is 0 Å². The van der Waals surface area contributed by atoms with Crippen LogP contribution < -0.4 is 0 Å². The molecule has 0 spiro atoms. The van der Waals surface area contributed by atoms with Gasteiger partial charge in [0.1, 0.15) is 0 Å². The molecule has 8 heteroatoms. The number of halogens is 1. The van der Waals surface area contributed by atoms with Gasteiger partial charge in [0.05, 0.1) is 9.85 Å². The number of nitro benzene ring substituents is 2. The first-order valence-corrected chi connectivity index (χ1v) is 6.67. The third-order valence-electron chi connectivity index (χ3n) is 2.97. The van der Waals surface area contributed by atoms with E-state index in [2.05, 4.69) is 0 Å². The lowest BCUT2D eigenvalue weighted by atomic mass is 10.1. The molecule has 2 aromatic carbocycles. The summed E-state index contributed by atoms with van der Waals surface area (Å²) in [6.07, 6.45) is 2.56. The Kier molecular flexibility index (Phi) is 4.82. The summed E-state index contributed by atoms with van der Waals surface area (Å²) in [7, 11) is 0. The second kappa shape index (κ2) is 6.80. The first-order chi connectivity index (χ1) is 10.9. The lowest BCUT2D eigenvalue weighted by Gasteiger charge is -1.99. The van der Waals surface area contributed by atoms with Crippen molar-refractivity contribution in [1.29, 1.82) is 0 Å². The molecule has 0 aromatic heterocycles. The van der Waals surface area contributed by atoms with E-state index in [1.807, 2.05) is 0 Å². The van der Waals surface area contributed by atoms with Gasteiger partial charge in [0, 0.05) is 34.9 Å². The molecule has 0 N–H and O–H groups in total. The molecule has 0 radical (unpaired) electrons. The molecule has 0 heterocycles. The van der Waals surface area contributed by atoms with Crippen molar-refractivity contribution in [2.75, 3.05) is 0 Å². The highest BCUT2D eigenvalue weighted by molar-refractivity contribution is 6.32. The van der Waals surface area contributed by atoms with Gasteiger partial charge in [-0.2, -0.15) is 0 Å². The molecule has 0 aliphatic carbocycles. The second-order valence-electron chi connectivity index (χ2n) is 4.46. The van der Waals surface area contributed by atoms with Gasteiger partial charge in [0.15, 0.2) is 5.78 Å². The van der Waals surface area contributed by atoms with E-state index in [1.165, 1.54) is 54.6 Å². The van der Waals surface area contributed by atoms with Crippen LogP contribution in [0.15, 0.2) is 48.5 Å². The molecule has 23 heavy (non-hydrogen) atoms. The van der Waals surface area contributed by atoms with Crippen LogP contribution in [-0.4, -0.2) is 15.6 Å². The number of benzene rings is 2. The van der Waals surface area contributed by atoms with E-state index < -0.39 is 15.6 Å². The summed E-state index contributed by atoms with van der Waals surface area (Å²) in [4.78, 5) is 32.2. The molecule has 116 valence electrons. The Balaban J connectivity index is 2.22. The number of hydrogen-bond acceptors (Lipinski definition) is 5. The van der Waals surface area contributed by atoms with Crippen LogP contribution in [0, 0.1) is 20.2 Å². The Labute approximate surface area is 135 Å². The molecule has 0 saturated heterocycles. The number of nitro groups is 2. The number of carbonyl (C=O) groups excluding carboxylic acids is 1. The number of allylic oxidation sites excluding steroid dienone is 1. The smallest absolute Gasteiger partial charge is 0.270 e. The van der Waals surface area contributed by atoms with Crippen molar-refractivity contribution in [2.24, 2.45) is 0 Å². The van der Waals surface area contributed by atoms with Crippen molar-refractivity contribution in [3.05, 3.63) is 84.9 Å². The minimum atomic E-state index is -0.564. The fourth-order valence-electron chi connectivity index (χ4n) is 1.78. The summed E-state index contributed by atoms with van der Waals surface area (Å²) < 4.78 is 0. The first kappa shape index (κ1) is 16.3. The Morgan fingerprint density at radius 3 is 2.09 bits per heavy atom. The molecular weight excluding hydrogens is 324 g/mol. The summed E-state index contributed by atoms with van der Waals surface area (Å²) in [6.45, 7) is 0. The Hall–Kier alpha value is -3.06. The zero-order valence-electron chi connectivity index (χ0n) is 11.5. The molecule has 0 amide bonds. The molecule has 2 rings (SSSR count). The third-order valence-corrected chi connectivity index (χ3v) is 3.31. The van der Waals surface area contributed by atoms with Gasteiger partial charge >= 0.3 is 0 Å². The Morgan fingerprint density at radius 1 is 0.957 bits per heavy atom. The second-order valence-corrected chi connectivity index (χ2v) is 4.87. The van der Waals surface area contributed by atoms with Crippen LogP contribution >= 0.6 is 11.6 Å². The average Bonchev–Trinajstić information content (AvgIpc) is 2.53. The molecule has 0 unspecified atom stereocenters. The SMILES string of the molecule is O=C(/C=C/c1cc([N+](=O)[O-])ccc1Cl)c1ccc([N+](=O)[O-])cc1.